The third kappa shape index (κ3) is 4.16. The van der Waals surface area contributed by atoms with Gasteiger partial charge in [0.1, 0.15) is 5.82 Å². The molecule has 1 fully saturated rings. The Morgan fingerprint density at radius 3 is 2.82 bits per heavy atom. The molecular formula is C23H26FN3O. The molecule has 0 aliphatic carbocycles. The van der Waals surface area contributed by atoms with Gasteiger partial charge in [0.25, 0.3) is 0 Å². The summed E-state index contributed by atoms with van der Waals surface area (Å²) in [5, 5.41) is 14.3. The van der Waals surface area contributed by atoms with Crippen molar-refractivity contribution >= 4 is 0 Å². The van der Waals surface area contributed by atoms with Crippen LogP contribution in [0.3, 0.4) is 0 Å². The molecule has 1 aliphatic rings. The fourth-order valence-electron chi connectivity index (χ4n) is 3.99. The van der Waals surface area contributed by atoms with Crippen molar-refractivity contribution in [2.75, 3.05) is 19.7 Å². The van der Waals surface area contributed by atoms with Crippen molar-refractivity contribution in [1.29, 1.82) is 0 Å². The summed E-state index contributed by atoms with van der Waals surface area (Å²) in [5.41, 5.74) is 4.84. The molecule has 0 bridgehead atoms. The van der Waals surface area contributed by atoms with Gasteiger partial charge in [0, 0.05) is 37.0 Å². The lowest BCUT2D eigenvalue weighted by molar-refractivity contribution is 0.116. The van der Waals surface area contributed by atoms with Crippen LogP contribution < -0.4 is 0 Å². The van der Waals surface area contributed by atoms with Crippen molar-refractivity contribution in [2.45, 2.75) is 26.3 Å². The van der Waals surface area contributed by atoms with E-state index in [4.69, 9.17) is 5.10 Å². The molecule has 2 aromatic carbocycles. The van der Waals surface area contributed by atoms with Crippen LogP contribution in [0.2, 0.25) is 0 Å². The zero-order valence-corrected chi connectivity index (χ0v) is 16.2. The zero-order chi connectivity index (χ0) is 19.5. The van der Waals surface area contributed by atoms with Crippen molar-refractivity contribution < 1.29 is 9.50 Å². The summed E-state index contributed by atoms with van der Waals surface area (Å²) in [6.07, 6.45) is 4.22. The third-order valence-electron chi connectivity index (χ3n) is 5.41. The Hall–Kier alpha value is -2.50. The fourth-order valence-corrected chi connectivity index (χ4v) is 3.99. The van der Waals surface area contributed by atoms with E-state index in [1.807, 2.05) is 22.9 Å². The molecule has 1 aliphatic heterocycles. The quantitative estimate of drug-likeness (QED) is 0.723. The topological polar surface area (TPSA) is 41.3 Å². The van der Waals surface area contributed by atoms with Gasteiger partial charge in [-0.3, -0.25) is 4.90 Å². The highest BCUT2D eigenvalue weighted by molar-refractivity contribution is 5.63. The van der Waals surface area contributed by atoms with Gasteiger partial charge in [-0.05, 0) is 62.1 Å². The molecule has 1 N–H and O–H groups in total. The Morgan fingerprint density at radius 1 is 1.18 bits per heavy atom. The average molecular weight is 379 g/mol. The number of nitrogens with zero attached hydrogens (tertiary/aromatic N) is 3. The van der Waals surface area contributed by atoms with E-state index >= 15 is 0 Å². The normalized spacial score (nSPS) is 17.8. The molecule has 4 nitrogen and oxygen atoms in total. The lowest BCUT2D eigenvalue weighted by atomic mass is 9.98. The van der Waals surface area contributed by atoms with Crippen LogP contribution in [0.1, 0.15) is 24.0 Å². The van der Waals surface area contributed by atoms with Crippen LogP contribution in [0, 0.1) is 18.7 Å². The second-order valence-corrected chi connectivity index (χ2v) is 7.72. The van der Waals surface area contributed by atoms with E-state index < -0.39 is 0 Å². The first kappa shape index (κ1) is 18.8. The second-order valence-electron chi connectivity index (χ2n) is 7.72. The van der Waals surface area contributed by atoms with Crippen LogP contribution in [0.4, 0.5) is 4.39 Å². The standard InChI is InChI=1S/C23H26FN3O/c1-17-5-2-9-22(11-17)27-15-20(14-26-10-4-6-18(13-26)16-28)23(25-27)19-7-3-8-21(24)12-19/h2-3,5,7-9,11-12,15,18,28H,4,6,10,13-14,16H2,1H3. The van der Waals surface area contributed by atoms with Crippen molar-refractivity contribution in [2.24, 2.45) is 5.92 Å². The van der Waals surface area contributed by atoms with Crippen molar-refractivity contribution in [3.63, 3.8) is 0 Å². The van der Waals surface area contributed by atoms with Gasteiger partial charge < -0.3 is 5.11 Å². The summed E-state index contributed by atoms with van der Waals surface area (Å²) in [7, 11) is 0. The highest BCUT2D eigenvalue weighted by Gasteiger charge is 2.22. The molecule has 0 saturated carbocycles. The molecule has 1 atom stereocenters. The predicted octanol–water partition coefficient (Wildman–Crippen LogP) is 4.19. The van der Waals surface area contributed by atoms with Gasteiger partial charge in [-0.1, -0.05) is 24.3 Å². The summed E-state index contributed by atoms with van der Waals surface area (Å²) < 4.78 is 15.7. The monoisotopic (exact) mass is 379 g/mol. The Balaban J connectivity index is 1.70. The van der Waals surface area contributed by atoms with Crippen LogP contribution in [-0.2, 0) is 6.54 Å². The van der Waals surface area contributed by atoms with Crippen LogP contribution in [0.15, 0.2) is 54.7 Å². The minimum Gasteiger partial charge on any atom is -0.396 e. The average Bonchev–Trinajstić information content (AvgIpc) is 3.12. The van der Waals surface area contributed by atoms with Crippen LogP contribution in [0.5, 0.6) is 0 Å². The number of aryl methyl sites for hydroxylation is 1. The summed E-state index contributed by atoms with van der Waals surface area (Å²) in [4.78, 5) is 2.37. The fraction of sp³-hybridized carbons (Fsp3) is 0.348. The van der Waals surface area contributed by atoms with E-state index in [-0.39, 0.29) is 12.4 Å². The molecule has 1 unspecified atom stereocenters. The minimum atomic E-state index is -0.258. The number of rotatable bonds is 5. The van der Waals surface area contributed by atoms with Gasteiger partial charge in [0.05, 0.1) is 11.4 Å². The first-order chi connectivity index (χ1) is 13.6. The molecule has 0 radical (unpaired) electrons. The van der Waals surface area contributed by atoms with Crippen LogP contribution >= 0.6 is 0 Å². The van der Waals surface area contributed by atoms with Crippen molar-refractivity contribution in [3.05, 3.63) is 71.7 Å². The molecule has 3 aromatic rings. The van der Waals surface area contributed by atoms with Gasteiger partial charge in [-0.15, -0.1) is 0 Å². The van der Waals surface area contributed by atoms with Crippen molar-refractivity contribution in [1.82, 2.24) is 14.7 Å². The number of aromatic nitrogens is 2. The highest BCUT2D eigenvalue weighted by Crippen LogP contribution is 2.27. The Bertz CT molecular complexity index is 953. The van der Waals surface area contributed by atoms with E-state index in [0.717, 1.165) is 55.0 Å². The molecule has 0 spiro atoms. The first-order valence-corrected chi connectivity index (χ1v) is 9.87. The smallest absolute Gasteiger partial charge is 0.123 e. The number of hydrogen-bond acceptors (Lipinski definition) is 3. The molecule has 1 saturated heterocycles. The van der Waals surface area contributed by atoms with E-state index in [0.29, 0.717) is 5.92 Å². The zero-order valence-electron chi connectivity index (χ0n) is 16.2. The van der Waals surface area contributed by atoms with Crippen molar-refractivity contribution in [3.8, 4) is 16.9 Å². The van der Waals surface area contributed by atoms with E-state index in [2.05, 4.69) is 30.2 Å². The molecule has 0 amide bonds. The maximum atomic E-state index is 13.9. The number of likely N-dealkylation sites (tertiary alicyclic amines) is 1. The van der Waals surface area contributed by atoms with E-state index in [1.165, 1.54) is 11.6 Å². The summed E-state index contributed by atoms with van der Waals surface area (Å²) in [5.74, 6) is 0.0741. The van der Waals surface area contributed by atoms with Crippen LogP contribution in [-0.4, -0.2) is 39.5 Å². The summed E-state index contributed by atoms with van der Waals surface area (Å²) >= 11 is 0. The minimum absolute atomic E-state index is 0.232. The first-order valence-electron chi connectivity index (χ1n) is 9.87. The number of hydrogen-bond donors (Lipinski definition) is 1. The molecule has 146 valence electrons. The van der Waals surface area contributed by atoms with Gasteiger partial charge in [-0.25, -0.2) is 9.07 Å². The number of halogens is 1. The Labute approximate surface area is 165 Å². The molecule has 5 heteroatoms. The molecule has 2 heterocycles. The predicted molar refractivity (Wildman–Crippen MR) is 109 cm³/mol. The number of aliphatic hydroxyl groups excluding tert-OH is 1. The Morgan fingerprint density at radius 2 is 2.04 bits per heavy atom. The Kier molecular flexibility index (Phi) is 5.55. The van der Waals surface area contributed by atoms with Gasteiger partial charge in [0.2, 0.25) is 0 Å². The van der Waals surface area contributed by atoms with E-state index in [1.54, 1.807) is 12.1 Å². The number of aliphatic hydroxyl groups is 1. The lowest BCUT2D eigenvalue weighted by Gasteiger charge is -2.31. The molecule has 28 heavy (non-hydrogen) atoms. The van der Waals surface area contributed by atoms with E-state index in [9.17, 15) is 9.50 Å². The molecular weight excluding hydrogens is 353 g/mol. The molecule has 1 aromatic heterocycles. The summed E-state index contributed by atoms with van der Waals surface area (Å²) in [6.45, 7) is 4.93. The maximum Gasteiger partial charge on any atom is 0.123 e. The van der Waals surface area contributed by atoms with Gasteiger partial charge in [0.15, 0.2) is 0 Å². The highest BCUT2D eigenvalue weighted by atomic mass is 19.1. The largest absolute Gasteiger partial charge is 0.396 e. The number of benzene rings is 2. The summed E-state index contributed by atoms with van der Waals surface area (Å²) in [6, 6.07) is 14.8. The molecule has 4 rings (SSSR count). The lowest BCUT2D eigenvalue weighted by Crippen LogP contribution is -2.36. The van der Waals surface area contributed by atoms with Crippen LogP contribution in [0.25, 0.3) is 16.9 Å². The third-order valence-corrected chi connectivity index (χ3v) is 5.41. The second kappa shape index (κ2) is 8.25. The van der Waals surface area contributed by atoms with Gasteiger partial charge in [-0.2, -0.15) is 5.10 Å². The maximum absolute atomic E-state index is 13.9. The SMILES string of the molecule is Cc1cccc(-n2cc(CN3CCCC(CO)C3)c(-c3cccc(F)c3)n2)c1. The number of piperidine rings is 1. The van der Waals surface area contributed by atoms with Gasteiger partial charge >= 0.3 is 0 Å².